The molecular weight excluding hydrogens is 372 g/mol. The van der Waals surface area contributed by atoms with Gasteiger partial charge in [0.25, 0.3) is 0 Å². The summed E-state index contributed by atoms with van der Waals surface area (Å²) in [6.45, 7) is 3.39. The van der Waals surface area contributed by atoms with Crippen molar-refractivity contribution in [2.75, 3.05) is 5.32 Å². The van der Waals surface area contributed by atoms with Gasteiger partial charge in [-0.15, -0.1) is 0 Å². The molecule has 0 aliphatic carbocycles. The Morgan fingerprint density at radius 2 is 1.39 bits per heavy atom. The zero-order valence-corrected chi connectivity index (χ0v) is 16.5. The third-order valence-electron chi connectivity index (χ3n) is 4.30. The van der Waals surface area contributed by atoms with E-state index in [2.05, 4.69) is 10.0 Å². The molecule has 1 amide bonds. The Bertz CT molecular complexity index is 1050. The molecule has 6 heteroatoms. The maximum atomic E-state index is 13.0. The van der Waals surface area contributed by atoms with Crippen molar-refractivity contribution >= 4 is 21.6 Å². The van der Waals surface area contributed by atoms with Crippen LogP contribution < -0.4 is 10.0 Å². The lowest BCUT2D eigenvalue weighted by Gasteiger charge is -2.20. The first-order valence-electron chi connectivity index (χ1n) is 8.87. The lowest BCUT2D eigenvalue weighted by molar-refractivity contribution is -0.114. The number of aryl methyl sites for hydroxylation is 1. The van der Waals surface area contributed by atoms with E-state index >= 15 is 0 Å². The number of carbonyl (C=O) groups excluding carboxylic acids is 1. The summed E-state index contributed by atoms with van der Waals surface area (Å²) in [5, 5.41) is 2.63. The Balaban J connectivity index is 1.93. The minimum atomic E-state index is -3.77. The van der Waals surface area contributed by atoms with Crippen LogP contribution >= 0.6 is 0 Å². The Morgan fingerprint density at radius 1 is 0.821 bits per heavy atom. The number of hydrogen-bond donors (Lipinski definition) is 2. The molecule has 0 radical (unpaired) electrons. The van der Waals surface area contributed by atoms with Gasteiger partial charge in [-0.2, -0.15) is 4.72 Å². The van der Waals surface area contributed by atoms with Crippen LogP contribution in [-0.4, -0.2) is 14.3 Å². The molecule has 0 aliphatic heterocycles. The number of amides is 1. The minimum absolute atomic E-state index is 0.134. The summed E-state index contributed by atoms with van der Waals surface area (Å²) in [6.07, 6.45) is 0. The molecule has 3 rings (SSSR count). The molecule has 1 atom stereocenters. The fourth-order valence-electron chi connectivity index (χ4n) is 2.88. The third kappa shape index (κ3) is 4.85. The maximum absolute atomic E-state index is 13.0. The molecule has 3 aromatic rings. The molecule has 0 unspecified atom stereocenters. The van der Waals surface area contributed by atoms with E-state index < -0.39 is 16.1 Å². The smallest absolute Gasteiger partial charge is 0.241 e. The molecule has 0 aromatic heterocycles. The second-order valence-electron chi connectivity index (χ2n) is 6.58. The average molecular weight is 394 g/mol. The lowest BCUT2D eigenvalue weighted by atomic mass is 9.99. The molecular formula is C22H22N2O3S. The van der Waals surface area contributed by atoms with Crippen LogP contribution in [0.15, 0.2) is 83.8 Å². The summed E-state index contributed by atoms with van der Waals surface area (Å²) >= 11 is 0. The number of nitrogens with one attached hydrogen (secondary N) is 2. The van der Waals surface area contributed by atoms with E-state index in [1.807, 2.05) is 61.5 Å². The molecule has 0 heterocycles. The van der Waals surface area contributed by atoms with Gasteiger partial charge in [-0.1, -0.05) is 60.2 Å². The third-order valence-corrected chi connectivity index (χ3v) is 5.74. The van der Waals surface area contributed by atoms with Gasteiger partial charge < -0.3 is 5.32 Å². The molecule has 28 heavy (non-hydrogen) atoms. The van der Waals surface area contributed by atoms with Gasteiger partial charge in [0.2, 0.25) is 15.9 Å². The summed E-state index contributed by atoms with van der Waals surface area (Å²) < 4.78 is 28.8. The van der Waals surface area contributed by atoms with Crippen molar-refractivity contribution in [3.63, 3.8) is 0 Å². The minimum Gasteiger partial charge on any atom is -0.326 e. The summed E-state index contributed by atoms with van der Waals surface area (Å²) in [6, 6.07) is 22.8. The van der Waals surface area contributed by atoms with Gasteiger partial charge in [-0.25, -0.2) is 8.42 Å². The number of benzene rings is 3. The number of carbonyl (C=O) groups is 1. The van der Waals surface area contributed by atoms with Crippen molar-refractivity contribution in [3.8, 4) is 0 Å². The molecule has 3 aromatic carbocycles. The highest BCUT2D eigenvalue weighted by Gasteiger charge is 2.23. The lowest BCUT2D eigenvalue weighted by Crippen LogP contribution is -2.29. The highest BCUT2D eigenvalue weighted by Crippen LogP contribution is 2.25. The largest absolute Gasteiger partial charge is 0.326 e. The van der Waals surface area contributed by atoms with E-state index in [1.165, 1.54) is 19.1 Å². The highest BCUT2D eigenvalue weighted by atomic mass is 32.2. The molecule has 0 spiro atoms. The van der Waals surface area contributed by atoms with Gasteiger partial charge >= 0.3 is 0 Å². The molecule has 0 saturated heterocycles. The van der Waals surface area contributed by atoms with Crippen molar-refractivity contribution in [2.45, 2.75) is 24.8 Å². The fourth-order valence-corrected chi connectivity index (χ4v) is 4.09. The highest BCUT2D eigenvalue weighted by molar-refractivity contribution is 7.89. The van der Waals surface area contributed by atoms with Crippen LogP contribution in [0.4, 0.5) is 5.69 Å². The van der Waals surface area contributed by atoms with Gasteiger partial charge in [0.05, 0.1) is 10.9 Å². The van der Waals surface area contributed by atoms with Crippen molar-refractivity contribution in [1.82, 2.24) is 4.72 Å². The quantitative estimate of drug-likeness (QED) is 0.663. The summed E-state index contributed by atoms with van der Waals surface area (Å²) in [5.41, 5.74) is 3.36. The average Bonchev–Trinajstić information content (AvgIpc) is 2.68. The van der Waals surface area contributed by atoms with Crippen molar-refractivity contribution in [3.05, 3.63) is 95.6 Å². The van der Waals surface area contributed by atoms with Gasteiger partial charge in [-0.3, -0.25) is 4.79 Å². The summed E-state index contributed by atoms with van der Waals surface area (Å²) in [7, 11) is -3.77. The Hall–Kier alpha value is -2.96. The molecule has 0 bridgehead atoms. The topological polar surface area (TPSA) is 75.3 Å². The van der Waals surface area contributed by atoms with Crippen LogP contribution in [-0.2, 0) is 14.8 Å². The first-order valence-corrected chi connectivity index (χ1v) is 10.3. The molecule has 144 valence electrons. The monoisotopic (exact) mass is 394 g/mol. The molecule has 0 fully saturated rings. The summed E-state index contributed by atoms with van der Waals surface area (Å²) in [5.74, 6) is -0.211. The standard InChI is InChI=1S/C22H22N2O3S/c1-16-8-10-19(11-9-16)22(18-6-4-3-5-7-18)24-28(26,27)21-14-12-20(13-15-21)23-17(2)25/h3-15,22,24H,1-2H3,(H,23,25)/t22-/m1/s1. The van der Waals surface area contributed by atoms with Crippen molar-refractivity contribution in [1.29, 1.82) is 0 Å². The first kappa shape index (κ1) is 19.8. The second-order valence-corrected chi connectivity index (χ2v) is 8.30. The van der Waals surface area contributed by atoms with Gasteiger partial charge in [0.1, 0.15) is 0 Å². The Kier molecular flexibility index (Phi) is 5.92. The number of rotatable bonds is 6. The van der Waals surface area contributed by atoms with Gasteiger partial charge in [0.15, 0.2) is 0 Å². The van der Waals surface area contributed by atoms with Crippen LogP contribution in [0.2, 0.25) is 0 Å². The van der Waals surface area contributed by atoms with Crippen LogP contribution in [0.5, 0.6) is 0 Å². The molecule has 5 nitrogen and oxygen atoms in total. The molecule has 0 saturated carbocycles. The summed E-state index contributed by atoms with van der Waals surface area (Å²) in [4.78, 5) is 11.3. The normalized spacial score (nSPS) is 12.4. The van der Waals surface area contributed by atoms with E-state index in [0.29, 0.717) is 5.69 Å². The van der Waals surface area contributed by atoms with Crippen molar-refractivity contribution < 1.29 is 13.2 Å². The Labute approximate surface area is 165 Å². The van der Waals surface area contributed by atoms with Crippen LogP contribution in [0.1, 0.15) is 29.7 Å². The number of anilines is 1. The first-order chi connectivity index (χ1) is 13.3. The fraction of sp³-hybridized carbons (Fsp3) is 0.136. The number of sulfonamides is 1. The second kappa shape index (κ2) is 8.37. The van der Waals surface area contributed by atoms with Crippen LogP contribution in [0.25, 0.3) is 0 Å². The predicted molar refractivity (Wildman–Crippen MR) is 111 cm³/mol. The van der Waals surface area contributed by atoms with Gasteiger partial charge in [0, 0.05) is 12.6 Å². The molecule has 0 aliphatic rings. The van der Waals surface area contributed by atoms with Crippen LogP contribution in [0.3, 0.4) is 0 Å². The van der Waals surface area contributed by atoms with E-state index in [4.69, 9.17) is 0 Å². The van der Waals surface area contributed by atoms with E-state index in [0.717, 1.165) is 16.7 Å². The van der Waals surface area contributed by atoms with Crippen LogP contribution in [0, 0.1) is 6.92 Å². The maximum Gasteiger partial charge on any atom is 0.241 e. The predicted octanol–water partition coefficient (Wildman–Crippen LogP) is 4.02. The van der Waals surface area contributed by atoms with Gasteiger partial charge in [-0.05, 0) is 42.3 Å². The zero-order valence-electron chi connectivity index (χ0n) is 15.7. The number of hydrogen-bond acceptors (Lipinski definition) is 3. The SMILES string of the molecule is CC(=O)Nc1ccc(S(=O)(=O)N[C@H](c2ccccc2)c2ccc(C)cc2)cc1. The molecule has 2 N–H and O–H groups in total. The zero-order chi connectivity index (χ0) is 20.1. The van der Waals surface area contributed by atoms with Crippen molar-refractivity contribution in [2.24, 2.45) is 0 Å². The van der Waals surface area contributed by atoms with E-state index in [9.17, 15) is 13.2 Å². The Morgan fingerprint density at radius 3 is 1.96 bits per heavy atom. The van der Waals surface area contributed by atoms with E-state index in [1.54, 1.807) is 12.1 Å². The van der Waals surface area contributed by atoms with E-state index in [-0.39, 0.29) is 10.8 Å².